The first-order chi connectivity index (χ1) is 14.4. The van der Waals surface area contributed by atoms with E-state index >= 15 is 0 Å². The highest BCUT2D eigenvalue weighted by Gasteiger charge is 2.50. The molecule has 0 aliphatic carbocycles. The molecule has 1 amide bonds. The maximum Gasteiger partial charge on any atom is 0.312 e. The second-order valence-corrected chi connectivity index (χ2v) is 8.73. The van der Waals surface area contributed by atoms with Crippen molar-refractivity contribution in [3.05, 3.63) is 30.1 Å². The highest BCUT2D eigenvalue weighted by molar-refractivity contribution is 5.81. The third kappa shape index (κ3) is 3.94. The molecule has 1 aromatic carbocycles. The largest absolute Gasteiger partial charge is 0.461 e. The summed E-state index contributed by atoms with van der Waals surface area (Å²) in [7, 11) is 3.96. The number of fused-ring (bicyclic) bond motifs is 1. The Morgan fingerprint density at radius 1 is 1.30 bits per heavy atom. The Kier molecular flexibility index (Phi) is 5.79. The molecule has 2 fully saturated rings. The normalized spacial score (nSPS) is 21.0. The summed E-state index contributed by atoms with van der Waals surface area (Å²) in [5, 5.41) is 9.63. The van der Waals surface area contributed by atoms with Crippen molar-refractivity contribution in [2.45, 2.75) is 44.9 Å². The van der Waals surface area contributed by atoms with Gasteiger partial charge in [0.25, 0.3) is 0 Å². The number of piperidine rings is 1. The zero-order chi connectivity index (χ0) is 21.3. The lowest BCUT2D eigenvalue weighted by molar-refractivity contribution is -0.152. The smallest absolute Gasteiger partial charge is 0.312 e. The Labute approximate surface area is 176 Å². The SMILES string of the molecule is CN(C)CC1CC2(CCN(C(=O)CCn3c(CO)nc4ccccc43)CC2)C(=O)O1. The first-order valence-corrected chi connectivity index (χ1v) is 10.6. The van der Waals surface area contributed by atoms with Crippen LogP contribution in [0.15, 0.2) is 24.3 Å². The number of carbonyl (C=O) groups excluding carboxylic acids is 2. The van der Waals surface area contributed by atoms with Gasteiger partial charge < -0.3 is 24.2 Å². The number of cyclic esters (lactones) is 1. The van der Waals surface area contributed by atoms with E-state index in [-0.39, 0.29) is 24.6 Å². The van der Waals surface area contributed by atoms with Crippen LogP contribution in [0.1, 0.15) is 31.5 Å². The quantitative estimate of drug-likeness (QED) is 0.719. The standard InChI is InChI=1S/C22H30N4O4/c1-24(2)14-16-13-22(21(29)30-16)8-11-25(12-9-22)20(28)7-10-26-18-6-4-3-5-17(18)23-19(26)15-27/h3-6,16,27H,7-15H2,1-2H3. The van der Waals surface area contributed by atoms with Crippen LogP contribution in [-0.2, 0) is 27.5 Å². The molecule has 1 atom stereocenters. The fraction of sp³-hybridized carbons (Fsp3) is 0.591. The van der Waals surface area contributed by atoms with Gasteiger partial charge in [-0.25, -0.2) is 4.98 Å². The zero-order valence-corrected chi connectivity index (χ0v) is 17.7. The molecule has 1 N–H and O–H groups in total. The number of nitrogens with zero attached hydrogens (tertiary/aromatic N) is 4. The molecule has 8 nitrogen and oxygen atoms in total. The van der Waals surface area contributed by atoms with Gasteiger partial charge in [0, 0.05) is 39.0 Å². The lowest BCUT2D eigenvalue weighted by Crippen LogP contribution is -2.45. The van der Waals surface area contributed by atoms with Gasteiger partial charge >= 0.3 is 5.97 Å². The molecule has 2 aromatic rings. The number of likely N-dealkylation sites (N-methyl/N-ethyl adjacent to an activating group) is 1. The van der Waals surface area contributed by atoms with Crippen LogP contribution in [0.25, 0.3) is 11.0 Å². The van der Waals surface area contributed by atoms with E-state index in [1.54, 1.807) is 0 Å². The number of likely N-dealkylation sites (tertiary alicyclic amines) is 1. The number of para-hydroxylation sites is 2. The molecule has 0 bridgehead atoms. The van der Waals surface area contributed by atoms with E-state index in [9.17, 15) is 14.7 Å². The summed E-state index contributed by atoms with van der Waals surface area (Å²) in [5.74, 6) is 0.545. The van der Waals surface area contributed by atoms with E-state index in [0.29, 0.717) is 44.7 Å². The number of aliphatic hydroxyl groups is 1. The molecule has 3 heterocycles. The number of rotatable bonds is 6. The number of aromatic nitrogens is 2. The summed E-state index contributed by atoms with van der Waals surface area (Å²) in [6, 6.07) is 7.69. The fourth-order valence-electron chi connectivity index (χ4n) is 4.80. The number of hydrogen-bond acceptors (Lipinski definition) is 6. The zero-order valence-electron chi connectivity index (χ0n) is 17.7. The lowest BCUT2D eigenvalue weighted by atomic mass is 9.76. The Bertz CT molecular complexity index is 930. The molecular formula is C22H30N4O4. The van der Waals surface area contributed by atoms with Gasteiger partial charge in [0.1, 0.15) is 18.5 Å². The molecule has 0 saturated carbocycles. The maximum absolute atomic E-state index is 12.8. The Hall–Kier alpha value is -2.45. The van der Waals surface area contributed by atoms with E-state index in [1.807, 2.05) is 52.7 Å². The minimum Gasteiger partial charge on any atom is -0.461 e. The van der Waals surface area contributed by atoms with Crippen molar-refractivity contribution in [1.82, 2.24) is 19.4 Å². The highest BCUT2D eigenvalue weighted by atomic mass is 16.6. The van der Waals surface area contributed by atoms with Gasteiger partial charge in [0.15, 0.2) is 0 Å². The van der Waals surface area contributed by atoms with Crippen molar-refractivity contribution in [2.24, 2.45) is 5.41 Å². The van der Waals surface area contributed by atoms with Gasteiger partial charge in [-0.15, -0.1) is 0 Å². The molecule has 8 heteroatoms. The van der Waals surface area contributed by atoms with Crippen molar-refractivity contribution in [3.63, 3.8) is 0 Å². The maximum atomic E-state index is 12.8. The van der Waals surface area contributed by atoms with Crippen LogP contribution in [0.5, 0.6) is 0 Å². The topological polar surface area (TPSA) is 87.9 Å². The number of benzene rings is 1. The Balaban J connectivity index is 1.35. The monoisotopic (exact) mass is 414 g/mol. The van der Waals surface area contributed by atoms with Gasteiger partial charge in [-0.2, -0.15) is 0 Å². The van der Waals surface area contributed by atoms with E-state index in [0.717, 1.165) is 24.0 Å². The van der Waals surface area contributed by atoms with Crippen molar-refractivity contribution < 1.29 is 19.4 Å². The molecule has 30 heavy (non-hydrogen) atoms. The molecule has 1 aromatic heterocycles. The molecule has 2 aliphatic heterocycles. The number of imidazole rings is 1. The molecule has 2 saturated heterocycles. The summed E-state index contributed by atoms with van der Waals surface area (Å²) in [4.78, 5) is 33.7. The van der Waals surface area contributed by atoms with Gasteiger partial charge in [0.2, 0.25) is 5.91 Å². The van der Waals surface area contributed by atoms with E-state index in [1.165, 1.54) is 0 Å². The molecule has 162 valence electrons. The Morgan fingerprint density at radius 2 is 2.03 bits per heavy atom. The Morgan fingerprint density at radius 3 is 2.73 bits per heavy atom. The van der Waals surface area contributed by atoms with Crippen molar-refractivity contribution in [2.75, 3.05) is 33.7 Å². The minimum absolute atomic E-state index is 0.0545. The highest BCUT2D eigenvalue weighted by Crippen LogP contribution is 2.43. The van der Waals surface area contributed by atoms with Gasteiger partial charge in [-0.3, -0.25) is 9.59 Å². The lowest BCUT2D eigenvalue weighted by Gasteiger charge is -2.36. The van der Waals surface area contributed by atoms with E-state index in [4.69, 9.17) is 4.74 Å². The number of aryl methyl sites for hydroxylation is 1. The summed E-state index contributed by atoms with van der Waals surface area (Å²) in [5.41, 5.74) is 1.32. The van der Waals surface area contributed by atoms with Gasteiger partial charge in [-0.1, -0.05) is 12.1 Å². The van der Waals surface area contributed by atoms with E-state index < -0.39 is 5.41 Å². The van der Waals surface area contributed by atoms with Crippen molar-refractivity contribution in [1.29, 1.82) is 0 Å². The molecular weight excluding hydrogens is 384 g/mol. The molecule has 1 spiro atoms. The fourth-order valence-corrected chi connectivity index (χ4v) is 4.80. The number of hydrogen-bond donors (Lipinski definition) is 1. The summed E-state index contributed by atoms with van der Waals surface area (Å²) in [6.45, 7) is 2.22. The third-order valence-corrected chi connectivity index (χ3v) is 6.39. The predicted octanol–water partition coefficient (Wildman–Crippen LogP) is 1.40. The first kappa shape index (κ1) is 20.8. The second-order valence-electron chi connectivity index (χ2n) is 8.73. The first-order valence-electron chi connectivity index (χ1n) is 10.6. The number of amides is 1. The second kappa shape index (κ2) is 8.35. The third-order valence-electron chi connectivity index (χ3n) is 6.39. The van der Waals surface area contributed by atoms with Crippen LogP contribution in [0.3, 0.4) is 0 Å². The average molecular weight is 415 g/mol. The number of esters is 1. The molecule has 4 rings (SSSR count). The molecule has 1 unspecified atom stereocenters. The number of aliphatic hydroxyl groups excluding tert-OH is 1. The van der Waals surface area contributed by atoms with Crippen LogP contribution < -0.4 is 0 Å². The van der Waals surface area contributed by atoms with Crippen LogP contribution in [0.2, 0.25) is 0 Å². The van der Waals surface area contributed by atoms with Gasteiger partial charge in [0.05, 0.1) is 16.4 Å². The van der Waals surface area contributed by atoms with Crippen molar-refractivity contribution in [3.8, 4) is 0 Å². The average Bonchev–Trinajstić information content (AvgIpc) is 3.23. The summed E-state index contributed by atoms with van der Waals surface area (Å²) < 4.78 is 7.52. The summed E-state index contributed by atoms with van der Waals surface area (Å²) in [6.07, 6.45) is 2.36. The van der Waals surface area contributed by atoms with Crippen molar-refractivity contribution >= 4 is 22.9 Å². The number of carbonyl (C=O) groups is 2. The minimum atomic E-state index is -0.429. The number of ether oxygens (including phenoxy) is 1. The van der Waals surface area contributed by atoms with Crippen LogP contribution >= 0.6 is 0 Å². The van der Waals surface area contributed by atoms with Crippen LogP contribution in [-0.4, -0.2) is 76.2 Å². The van der Waals surface area contributed by atoms with Crippen LogP contribution in [0.4, 0.5) is 0 Å². The molecule has 2 aliphatic rings. The summed E-state index contributed by atoms with van der Waals surface area (Å²) >= 11 is 0. The predicted molar refractivity (Wildman–Crippen MR) is 112 cm³/mol. The van der Waals surface area contributed by atoms with E-state index in [2.05, 4.69) is 4.98 Å². The van der Waals surface area contributed by atoms with Gasteiger partial charge in [-0.05, 0) is 39.1 Å². The van der Waals surface area contributed by atoms with Crippen LogP contribution in [0, 0.1) is 5.41 Å². The molecule has 0 radical (unpaired) electrons.